The van der Waals surface area contributed by atoms with Gasteiger partial charge in [0.25, 0.3) is 0 Å². The molecule has 6 heteroatoms. The maximum atomic E-state index is 4.42. The molecule has 168 valence electrons. The SMILES string of the molecule is CCN1CCN(CCCCNC(=NC)NCC2CCCN2Cc2ccccc2)CC1. The fraction of sp³-hybridized carbons (Fsp3) is 0.708. The van der Waals surface area contributed by atoms with Gasteiger partial charge >= 0.3 is 0 Å². The molecule has 3 rings (SSSR count). The quantitative estimate of drug-likeness (QED) is 0.349. The Labute approximate surface area is 183 Å². The van der Waals surface area contributed by atoms with Crippen LogP contribution in [0.4, 0.5) is 0 Å². The Morgan fingerprint density at radius 1 is 1.00 bits per heavy atom. The van der Waals surface area contributed by atoms with Crippen LogP contribution in [0.1, 0.15) is 38.2 Å². The first-order valence-electron chi connectivity index (χ1n) is 12.0. The first-order chi connectivity index (χ1) is 14.8. The van der Waals surface area contributed by atoms with Crippen LogP contribution in [0, 0.1) is 0 Å². The third kappa shape index (κ3) is 7.56. The van der Waals surface area contributed by atoms with Gasteiger partial charge in [0, 0.05) is 58.9 Å². The van der Waals surface area contributed by atoms with Crippen LogP contribution in [0.2, 0.25) is 0 Å². The smallest absolute Gasteiger partial charge is 0.191 e. The summed E-state index contributed by atoms with van der Waals surface area (Å²) in [6.45, 7) is 13.8. The topological polar surface area (TPSA) is 46.1 Å². The molecule has 0 radical (unpaired) electrons. The highest BCUT2D eigenvalue weighted by Crippen LogP contribution is 2.19. The summed E-state index contributed by atoms with van der Waals surface area (Å²) < 4.78 is 0. The molecule has 6 nitrogen and oxygen atoms in total. The summed E-state index contributed by atoms with van der Waals surface area (Å²) in [5.41, 5.74) is 1.41. The molecule has 2 N–H and O–H groups in total. The second-order valence-corrected chi connectivity index (χ2v) is 8.62. The highest BCUT2D eigenvalue weighted by Gasteiger charge is 2.24. The van der Waals surface area contributed by atoms with E-state index >= 15 is 0 Å². The number of benzene rings is 1. The zero-order chi connectivity index (χ0) is 21.0. The van der Waals surface area contributed by atoms with Gasteiger partial charge in [-0.3, -0.25) is 9.89 Å². The maximum Gasteiger partial charge on any atom is 0.191 e. The number of hydrogen-bond acceptors (Lipinski definition) is 4. The molecule has 0 amide bonds. The van der Waals surface area contributed by atoms with Crippen molar-refractivity contribution in [3.63, 3.8) is 0 Å². The second kappa shape index (κ2) is 12.9. The fourth-order valence-corrected chi connectivity index (χ4v) is 4.58. The molecule has 0 bridgehead atoms. The molecule has 0 saturated carbocycles. The Morgan fingerprint density at radius 2 is 1.77 bits per heavy atom. The minimum Gasteiger partial charge on any atom is -0.356 e. The van der Waals surface area contributed by atoms with Crippen LogP contribution in [0.25, 0.3) is 0 Å². The zero-order valence-electron chi connectivity index (χ0n) is 19.2. The molecular weight excluding hydrogens is 372 g/mol. The lowest BCUT2D eigenvalue weighted by molar-refractivity contribution is 0.136. The van der Waals surface area contributed by atoms with E-state index in [1.165, 1.54) is 77.1 Å². The van der Waals surface area contributed by atoms with E-state index in [9.17, 15) is 0 Å². The summed E-state index contributed by atoms with van der Waals surface area (Å²) in [5, 5.41) is 7.07. The van der Waals surface area contributed by atoms with Crippen molar-refractivity contribution in [1.82, 2.24) is 25.3 Å². The molecule has 0 aliphatic carbocycles. The van der Waals surface area contributed by atoms with E-state index in [4.69, 9.17) is 0 Å². The normalized spacial score (nSPS) is 21.8. The molecule has 1 aromatic rings. The van der Waals surface area contributed by atoms with E-state index in [0.717, 1.165) is 25.6 Å². The highest BCUT2D eigenvalue weighted by atomic mass is 15.3. The Hall–Kier alpha value is -1.63. The number of unbranched alkanes of at least 4 members (excludes halogenated alkanes) is 1. The average Bonchev–Trinajstić information content (AvgIpc) is 3.23. The van der Waals surface area contributed by atoms with Gasteiger partial charge in [-0.1, -0.05) is 37.3 Å². The van der Waals surface area contributed by atoms with Gasteiger partial charge in [-0.05, 0) is 50.9 Å². The molecule has 30 heavy (non-hydrogen) atoms. The fourth-order valence-electron chi connectivity index (χ4n) is 4.58. The van der Waals surface area contributed by atoms with Crippen molar-refractivity contribution in [1.29, 1.82) is 0 Å². The van der Waals surface area contributed by atoms with Crippen molar-refractivity contribution in [2.75, 3.05) is 66.0 Å². The predicted molar refractivity (Wildman–Crippen MR) is 127 cm³/mol. The van der Waals surface area contributed by atoms with Crippen molar-refractivity contribution in [3.8, 4) is 0 Å². The second-order valence-electron chi connectivity index (χ2n) is 8.62. The van der Waals surface area contributed by atoms with Gasteiger partial charge in [0.15, 0.2) is 5.96 Å². The standard InChI is InChI=1S/C24H42N6/c1-3-28-16-18-29(19-17-28)14-8-7-13-26-24(25-2)27-20-23-12-9-15-30(23)21-22-10-5-4-6-11-22/h4-6,10-11,23H,3,7-9,12-21H2,1-2H3,(H2,25,26,27). The number of likely N-dealkylation sites (tertiary alicyclic amines) is 1. The third-order valence-electron chi connectivity index (χ3n) is 6.56. The van der Waals surface area contributed by atoms with Crippen LogP contribution in [0.3, 0.4) is 0 Å². The molecule has 2 fully saturated rings. The molecule has 1 atom stereocenters. The largest absolute Gasteiger partial charge is 0.356 e. The monoisotopic (exact) mass is 414 g/mol. The van der Waals surface area contributed by atoms with Crippen molar-refractivity contribution < 1.29 is 0 Å². The lowest BCUT2D eigenvalue weighted by Crippen LogP contribution is -2.46. The zero-order valence-corrected chi connectivity index (χ0v) is 19.2. The summed E-state index contributed by atoms with van der Waals surface area (Å²) in [4.78, 5) is 12.2. The van der Waals surface area contributed by atoms with Crippen LogP contribution in [0.5, 0.6) is 0 Å². The number of nitrogens with one attached hydrogen (secondary N) is 2. The Kier molecular flexibility index (Phi) is 9.93. The lowest BCUT2D eigenvalue weighted by Gasteiger charge is -2.34. The van der Waals surface area contributed by atoms with Gasteiger partial charge in [0.05, 0.1) is 0 Å². The average molecular weight is 415 g/mol. The van der Waals surface area contributed by atoms with Gasteiger partial charge in [-0.15, -0.1) is 0 Å². The molecule has 0 spiro atoms. The molecule has 2 aliphatic heterocycles. The number of guanidine groups is 1. The highest BCUT2D eigenvalue weighted by molar-refractivity contribution is 5.79. The molecule has 0 aromatic heterocycles. The summed E-state index contributed by atoms with van der Waals surface area (Å²) in [6.07, 6.45) is 5.00. The minimum absolute atomic E-state index is 0.588. The minimum atomic E-state index is 0.588. The first-order valence-corrected chi connectivity index (χ1v) is 12.0. The molecule has 2 aliphatic rings. The van der Waals surface area contributed by atoms with Gasteiger partial charge in [-0.25, -0.2) is 0 Å². The Morgan fingerprint density at radius 3 is 2.50 bits per heavy atom. The summed E-state index contributed by atoms with van der Waals surface area (Å²) in [5.74, 6) is 0.943. The number of nitrogens with zero attached hydrogens (tertiary/aromatic N) is 4. The number of piperazine rings is 1. The lowest BCUT2D eigenvalue weighted by atomic mass is 10.2. The van der Waals surface area contributed by atoms with Crippen molar-refractivity contribution in [3.05, 3.63) is 35.9 Å². The number of likely N-dealkylation sites (N-methyl/N-ethyl adjacent to an activating group) is 1. The summed E-state index contributed by atoms with van der Waals surface area (Å²) in [7, 11) is 1.87. The van der Waals surface area contributed by atoms with E-state index < -0.39 is 0 Å². The summed E-state index contributed by atoms with van der Waals surface area (Å²) in [6, 6.07) is 11.4. The van der Waals surface area contributed by atoms with Crippen molar-refractivity contribution in [2.45, 2.75) is 45.2 Å². The predicted octanol–water partition coefficient (Wildman–Crippen LogP) is 2.23. The van der Waals surface area contributed by atoms with E-state index in [1.54, 1.807) is 0 Å². The van der Waals surface area contributed by atoms with Crippen LogP contribution >= 0.6 is 0 Å². The molecular formula is C24H42N6. The number of rotatable bonds is 10. The number of aliphatic imine (C=N–C) groups is 1. The molecule has 2 saturated heterocycles. The third-order valence-corrected chi connectivity index (χ3v) is 6.56. The van der Waals surface area contributed by atoms with E-state index in [-0.39, 0.29) is 0 Å². The number of hydrogen-bond donors (Lipinski definition) is 2. The summed E-state index contributed by atoms with van der Waals surface area (Å²) >= 11 is 0. The van der Waals surface area contributed by atoms with Crippen LogP contribution in [0.15, 0.2) is 35.3 Å². The maximum absolute atomic E-state index is 4.42. The van der Waals surface area contributed by atoms with Crippen molar-refractivity contribution >= 4 is 5.96 Å². The van der Waals surface area contributed by atoms with E-state index in [2.05, 4.69) is 67.6 Å². The van der Waals surface area contributed by atoms with Gasteiger partial charge in [0.2, 0.25) is 0 Å². The van der Waals surface area contributed by atoms with Crippen LogP contribution in [-0.4, -0.2) is 92.7 Å². The van der Waals surface area contributed by atoms with Gasteiger partial charge in [-0.2, -0.15) is 0 Å². The van der Waals surface area contributed by atoms with E-state index in [1.807, 2.05) is 7.05 Å². The van der Waals surface area contributed by atoms with Crippen molar-refractivity contribution in [2.24, 2.45) is 4.99 Å². The van der Waals surface area contributed by atoms with E-state index in [0.29, 0.717) is 6.04 Å². The van der Waals surface area contributed by atoms with Crippen LogP contribution < -0.4 is 10.6 Å². The molecule has 1 unspecified atom stereocenters. The van der Waals surface area contributed by atoms with Gasteiger partial charge < -0.3 is 20.4 Å². The Balaban J connectivity index is 1.28. The molecule has 2 heterocycles. The molecule has 1 aromatic carbocycles. The first kappa shape index (κ1) is 23.0. The Bertz CT molecular complexity index is 611. The van der Waals surface area contributed by atoms with Crippen LogP contribution in [-0.2, 0) is 6.54 Å². The van der Waals surface area contributed by atoms with Gasteiger partial charge in [0.1, 0.15) is 0 Å².